The van der Waals surface area contributed by atoms with Gasteiger partial charge in [-0.3, -0.25) is 10.1 Å². The van der Waals surface area contributed by atoms with Gasteiger partial charge in [-0.15, -0.1) is 10.2 Å². The van der Waals surface area contributed by atoms with Crippen LogP contribution in [-0.2, 0) is 11.3 Å². The van der Waals surface area contributed by atoms with Gasteiger partial charge >= 0.3 is 6.03 Å². The van der Waals surface area contributed by atoms with Crippen LogP contribution in [0.4, 0.5) is 9.93 Å². The molecule has 2 aromatic rings. The van der Waals surface area contributed by atoms with Crippen molar-refractivity contribution in [2.75, 3.05) is 5.32 Å². The number of amides is 3. The van der Waals surface area contributed by atoms with E-state index in [1.165, 1.54) is 23.1 Å². The van der Waals surface area contributed by atoms with Crippen LogP contribution < -0.4 is 16.4 Å². The lowest BCUT2D eigenvalue weighted by atomic mass is 10.2. The zero-order valence-electron chi connectivity index (χ0n) is 11.8. The van der Waals surface area contributed by atoms with E-state index in [9.17, 15) is 9.59 Å². The van der Waals surface area contributed by atoms with Crippen LogP contribution in [0.15, 0.2) is 34.7 Å². The fourth-order valence-electron chi connectivity index (χ4n) is 1.53. The van der Waals surface area contributed by atoms with Crippen LogP contribution in [-0.4, -0.2) is 27.4 Å². The van der Waals surface area contributed by atoms with Gasteiger partial charge in [-0.2, -0.15) is 0 Å². The lowest BCUT2D eigenvalue weighted by molar-refractivity contribution is -0.119. The van der Waals surface area contributed by atoms with E-state index in [0.29, 0.717) is 16.0 Å². The Morgan fingerprint density at radius 3 is 2.73 bits per heavy atom. The van der Waals surface area contributed by atoms with Crippen molar-refractivity contribution >= 4 is 40.2 Å². The normalized spacial score (nSPS) is 11.7. The summed E-state index contributed by atoms with van der Waals surface area (Å²) in [5.41, 5.74) is 6.05. The van der Waals surface area contributed by atoms with E-state index in [4.69, 9.17) is 5.73 Å². The summed E-state index contributed by atoms with van der Waals surface area (Å²) in [7, 11) is 0. The summed E-state index contributed by atoms with van der Waals surface area (Å²) in [4.78, 5) is 22.2. The summed E-state index contributed by atoms with van der Waals surface area (Å²) in [6.07, 6.45) is 0. The number of imide groups is 1. The molecule has 0 spiro atoms. The lowest BCUT2D eigenvalue weighted by Crippen LogP contribution is -2.39. The van der Waals surface area contributed by atoms with Crippen molar-refractivity contribution in [3.05, 3.63) is 35.9 Å². The predicted octanol–water partition coefficient (Wildman–Crippen LogP) is 1.83. The molecule has 0 saturated carbocycles. The molecule has 1 aromatic heterocycles. The third kappa shape index (κ3) is 5.01. The molecule has 7 nitrogen and oxygen atoms in total. The molecule has 0 radical (unpaired) electrons. The molecule has 0 unspecified atom stereocenters. The van der Waals surface area contributed by atoms with Gasteiger partial charge in [0.2, 0.25) is 11.0 Å². The molecule has 0 saturated heterocycles. The van der Waals surface area contributed by atoms with Crippen molar-refractivity contribution in [2.45, 2.75) is 23.1 Å². The molecule has 9 heteroatoms. The maximum absolute atomic E-state index is 11.6. The van der Waals surface area contributed by atoms with E-state index >= 15 is 0 Å². The zero-order chi connectivity index (χ0) is 15.9. The summed E-state index contributed by atoms with van der Waals surface area (Å²) >= 11 is 2.57. The van der Waals surface area contributed by atoms with Gasteiger partial charge in [-0.25, -0.2) is 4.79 Å². The Bertz CT molecular complexity index is 647. The lowest BCUT2D eigenvalue weighted by Gasteiger charge is -2.06. The monoisotopic (exact) mass is 337 g/mol. The number of nitrogens with one attached hydrogen (secondary N) is 2. The van der Waals surface area contributed by atoms with Gasteiger partial charge < -0.3 is 11.1 Å². The number of nitrogens with zero attached hydrogens (tertiary/aromatic N) is 2. The van der Waals surface area contributed by atoms with E-state index in [2.05, 4.69) is 15.5 Å². The highest BCUT2D eigenvalue weighted by molar-refractivity contribution is 8.02. The van der Waals surface area contributed by atoms with E-state index < -0.39 is 17.2 Å². The Morgan fingerprint density at radius 2 is 2.05 bits per heavy atom. The Labute approximate surface area is 135 Å². The van der Waals surface area contributed by atoms with E-state index in [1.807, 2.05) is 35.6 Å². The summed E-state index contributed by atoms with van der Waals surface area (Å²) in [5, 5.41) is 13.4. The van der Waals surface area contributed by atoms with Crippen molar-refractivity contribution in [1.29, 1.82) is 0 Å². The Kier molecular flexibility index (Phi) is 5.73. The number of carbonyl (C=O) groups is 2. The Hall–Kier alpha value is -2.13. The number of hydrogen-bond acceptors (Lipinski definition) is 7. The summed E-state index contributed by atoms with van der Waals surface area (Å²) in [6, 6.07) is 9.07. The van der Waals surface area contributed by atoms with Crippen LogP contribution in [0.25, 0.3) is 0 Å². The highest BCUT2D eigenvalue weighted by Crippen LogP contribution is 2.29. The molecule has 1 aromatic carbocycles. The molecular formula is C13H15N5O2S2. The zero-order valence-corrected chi connectivity index (χ0v) is 13.4. The van der Waals surface area contributed by atoms with Crippen LogP contribution >= 0.6 is 23.1 Å². The van der Waals surface area contributed by atoms with Crippen molar-refractivity contribution in [2.24, 2.45) is 5.73 Å². The molecule has 1 atom stereocenters. The number of urea groups is 1. The van der Waals surface area contributed by atoms with Crippen molar-refractivity contribution in [3.63, 3.8) is 0 Å². The first-order chi connectivity index (χ1) is 10.5. The summed E-state index contributed by atoms with van der Waals surface area (Å²) in [5.74, 6) is -0.452. The molecular weight excluding hydrogens is 322 g/mol. The van der Waals surface area contributed by atoms with Gasteiger partial charge in [0.25, 0.3) is 0 Å². The number of rotatable bonds is 6. The van der Waals surface area contributed by atoms with Crippen LogP contribution in [0.1, 0.15) is 12.5 Å². The van der Waals surface area contributed by atoms with Crippen molar-refractivity contribution < 1.29 is 9.59 Å². The SMILES string of the molecule is C[C@@H](Sc1nnc(NCc2ccccc2)s1)C(=O)NC(N)=O. The fourth-order valence-corrected chi connectivity index (χ4v) is 3.42. The maximum atomic E-state index is 11.6. The largest absolute Gasteiger partial charge is 0.356 e. The smallest absolute Gasteiger partial charge is 0.318 e. The topological polar surface area (TPSA) is 110 Å². The van der Waals surface area contributed by atoms with Gasteiger partial charge in [0, 0.05) is 6.54 Å². The summed E-state index contributed by atoms with van der Waals surface area (Å²) in [6.45, 7) is 2.32. The minimum absolute atomic E-state index is 0.452. The fraction of sp³-hybridized carbons (Fsp3) is 0.231. The Morgan fingerprint density at radius 1 is 1.32 bits per heavy atom. The number of anilines is 1. The molecule has 0 aliphatic heterocycles. The number of aromatic nitrogens is 2. The first-order valence-corrected chi connectivity index (χ1v) is 8.12. The van der Waals surface area contributed by atoms with Crippen molar-refractivity contribution in [1.82, 2.24) is 15.5 Å². The van der Waals surface area contributed by atoms with Gasteiger partial charge in [0.05, 0.1) is 5.25 Å². The van der Waals surface area contributed by atoms with E-state index in [1.54, 1.807) is 6.92 Å². The molecule has 0 bridgehead atoms. The number of nitrogens with two attached hydrogens (primary N) is 1. The first-order valence-electron chi connectivity index (χ1n) is 6.43. The number of thioether (sulfide) groups is 1. The third-order valence-electron chi connectivity index (χ3n) is 2.59. The average Bonchev–Trinajstić information content (AvgIpc) is 2.93. The van der Waals surface area contributed by atoms with E-state index in [0.717, 1.165) is 5.56 Å². The highest BCUT2D eigenvalue weighted by atomic mass is 32.2. The minimum Gasteiger partial charge on any atom is -0.356 e. The van der Waals surface area contributed by atoms with Crippen molar-refractivity contribution in [3.8, 4) is 0 Å². The van der Waals surface area contributed by atoms with E-state index in [-0.39, 0.29) is 0 Å². The molecule has 116 valence electrons. The molecule has 0 aliphatic carbocycles. The second kappa shape index (κ2) is 7.76. The molecule has 3 amide bonds. The number of hydrogen-bond donors (Lipinski definition) is 3. The van der Waals surface area contributed by atoms with Gasteiger partial charge in [0.15, 0.2) is 4.34 Å². The maximum Gasteiger partial charge on any atom is 0.318 e. The van der Waals surface area contributed by atoms with Crippen LogP contribution in [0.5, 0.6) is 0 Å². The molecule has 22 heavy (non-hydrogen) atoms. The minimum atomic E-state index is -0.861. The molecule has 1 heterocycles. The molecule has 0 fully saturated rings. The van der Waals surface area contributed by atoms with Gasteiger partial charge in [-0.1, -0.05) is 53.4 Å². The van der Waals surface area contributed by atoms with Gasteiger partial charge in [0.1, 0.15) is 0 Å². The first kappa shape index (κ1) is 16.2. The second-order valence-electron chi connectivity index (χ2n) is 4.33. The van der Waals surface area contributed by atoms with Crippen LogP contribution in [0.3, 0.4) is 0 Å². The average molecular weight is 337 g/mol. The molecule has 4 N–H and O–H groups in total. The standard InChI is InChI=1S/C13H15N5O2S2/c1-8(10(19)16-11(14)20)21-13-18-17-12(22-13)15-7-9-5-3-2-4-6-9/h2-6,8H,7H2,1H3,(H,15,17)(H3,14,16,19,20)/t8-/m1/s1. The predicted molar refractivity (Wildman–Crippen MR) is 86.7 cm³/mol. The molecule has 2 rings (SSSR count). The third-order valence-corrected chi connectivity index (χ3v) is 4.65. The van der Waals surface area contributed by atoms with Crippen LogP contribution in [0, 0.1) is 0 Å². The number of carbonyl (C=O) groups excluding carboxylic acids is 2. The second-order valence-corrected chi connectivity index (χ2v) is 6.89. The summed E-state index contributed by atoms with van der Waals surface area (Å²) < 4.78 is 0.641. The molecule has 0 aliphatic rings. The number of primary amides is 1. The number of benzene rings is 1. The van der Waals surface area contributed by atoms with Gasteiger partial charge in [-0.05, 0) is 12.5 Å². The Balaban J connectivity index is 1.86. The highest BCUT2D eigenvalue weighted by Gasteiger charge is 2.18. The quantitative estimate of drug-likeness (QED) is 0.694. The van der Waals surface area contributed by atoms with Crippen LogP contribution in [0.2, 0.25) is 0 Å².